The molecule has 0 radical (unpaired) electrons. The molecule has 20 heavy (non-hydrogen) atoms. The molecule has 3 nitrogen and oxygen atoms in total. The molecule has 0 saturated heterocycles. The smallest absolute Gasteiger partial charge is 0.184 e. The van der Waals surface area contributed by atoms with E-state index in [9.17, 15) is 8.42 Å². The van der Waals surface area contributed by atoms with Crippen molar-refractivity contribution in [2.75, 3.05) is 5.73 Å². The molecular weight excluding hydrogens is 341 g/mol. The monoisotopic (exact) mass is 349 g/mol. The summed E-state index contributed by atoms with van der Waals surface area (Å²) in [6.45, 7) is 0. The average molecular weight is 351 g/mol. The first kappa shape index (κ1) is 15.4. The summed E-state index contributed by atoms with van der Waals surface area (Å²) in [5.74, 6) is -0.280. The van der Waals surface area contributed by atoms with Crippen molar-refractivity contribution in [2.24, 2.45) is 0 Å². The SMILES string of the molecule is Nc1cc(Cl)ccc1S(=O)(=O)Cc1cccc(Cl)c1Cl. The lowest BCUT2D eigenvalue weighted by molar-refractivity contribution is 0.595. The van der Waals surface area contributed by atoms with Crippen LogP contribution in [0.3, 0.4) is 0 Å². The van der Waals surface area contributed by atoms with Crippen molar-refractivity contribution in [3.05, 3.63) is 57.0 Å². The van der Waals surface area contributed by atoms with E-state index < -0.39 is 9.84 Å². The van der Waals surface area contributed by atoms with Crippen LogP contribution in [0.15, 0.2) is 41.3 Å². The minimum absolute atomic E-state index is 0.0259. The van der Waals surface area contributed by atoms with Crippen molar-refractivity contribution in [3.8, 4) is 0 Å². The van der Waals surface area contributed by atoms with E-state index in [1.165, 1.54) is 18.2 Å². The summed E-state index contributed by atoms with van der Waals surface area (Å²) in [6.07, 6.45) is 0. The third-order valence-electron chi connectivity index (χ3n) is 2.68. The molecule has 0 aliphatic carbocycles. The molecule has 7 heteroatoms. The second-order valence-electron chi connectivity index (χ2n) is 4.15. The van der Waals surface area contributed by atoms with Gasteiger partial charge in [-0.05, 0) is 29.8 Å². The molecule has 0 heterocycles. The maximum atomic E-state index is 12.4. The minimum atomic E-state index is -3.63. The molecule has 106 valence electrons. The molecule has 2 aromatic rings. The number of hydrogen-bond donors (Lipinski definition) is 1. The fourth-order valence-corrected chi connectivity index (χ4v) is 3.89. The van der Waals surface area contributed by atoms with Gasteiger partial charge >= 0.3 is 0 Å². The van der Waals surface area contributed by atoms with Crippen LogP contribution in [0.5, 0.6) is 0 Å². The van der Waals surface area contributed by atoms with Crippen LogP contribution in [0.25, 0.3) is 0 Å². The van der Waals surface area contributed by atoms with Crippen LogP contribution >= 0.6 is 34.8 Å². The largest absolute Gasteiger partial charge is 0.398 e. The van der Waals surface area contributed by atoms with Gasteiger partial charge in [-0.25, -0.2) is 8.42 Å². The Hall–Kier alpha value is -0.940. The standard InChI is InChI=1S/C13H10Cl3NO2S/c14-9-4-5-12(11(17)6-9)20(18,19)7-8-2-1-3-10(15)13(8)16/h1-6H,7,17H2. The van der Waals surface area contributed by atoms with E-state index in [4.69, 9.17) is 40.5 Å². The summed E-state index contributed by atoms with van der Waals surface area (Å²) >= 11 is 17.6. The molecule has 0 aromatic heterocycles. The maximum Gasteiger partial charge on any atom is 0.184 e. The van der Waals surface area contributed by atoms with E-state index in [0.29, 0.717) is 15.6 Å². The number of rotatable bonds is 3. The molecule has 0 fully saturated rings. The van der Waals surface area contributed by atoms with Crippen LogP contribution in [0.4, 0.5) is 5.69 Å². The molecule has 0 aliphatic heterocycles. The van der Waals surface area contributed by atoms with E-state index >= 15 is 0 Å². The summed E-state index contributed by atoms with van der Waals surface area (Å²) in [5, 5.41) is 0.913. The zero-order valence-electron chi connectivity index (χ0n) is 10.1. The number of nitrogen functional groups attached to an aromatic ring is 1. The molecule has 0 spiro atoms. The van der Waals surface area contributed by atoms with Gasteiger partial charge in [0.15, 0.2) is 9.84 Å². The Bertz CT molecular complexity index is 760. The Morgan fingerprint density at radius 2 is 1.75 bits per heavy atom. The summed E-state index contributed by atoms with van der Waals surface area (Å²) < 4.78 is 24.7. The Kier molecular flexibility index (Phi) is 4.49. The number of halogens is 3. The van der Waals surface area contributed by atoms with Crippen LogP contribution in [0.2, 0.25) is 15.1 Å². The van der Waals surface area contributed by atoms with Gasteiger partial charge in [-0.1, -0.05) is 46.9 Å². The van der Waals surface area contributed by atoms with Crippen molar-refractivity contribution >= 4 is 50.3 Å². The van der Waals surface area contributed by atoms with Crippen LogP contribution in [0.1, 0.15) is 5.56 Å². The minimum Gasteiger partial charge on any atom is -0.398 e. The molecule has 0 amide bonds. The van der Waals surface area contributed by atoms with Gasteiger partial charge in [-0.15, -0.1) is 0 Å². The zero-order valence-corrected chi connectivity index (χ0v) is 13.2. The summed E-state index contributed by atoms with van der Waals surface area (Å²) in [5.41, 5.74) is 6.24. The number of nitrogens with two attached hydrogens (primary N) is 1. The van der Waals surface area contributed by atoms with E-state index in [-0.39, 0.29) is 21.4 Å². The highest BCUT2D eigenvalue weighted by Crippen LogP contribution is 2.30. The molecule has 0 saturated carbocycles. The van der Waals surface area contributed by atoms with Gasteiger partial charge < -0.3 is 5.73 Å². The van der Waals surface area contributed by atoms with Gasteiger partial charge in [0, 0.05) is 5.02 Å². The van der Waals surface area contributed by atoms with Crippen LogP contribution < -0.4 is 5.73 Å². The van der Waals surface area contributed by atoms with Crippen molar-refractivity contribution < 1.29 is 8.42 Å². The van der Waals surface area contributed by atoms with E-state index in [1.807, 2.05) is 0 Å². The van der Waals surface area contributed by atoms with E-state index in [2.05, 4.69) is 0 Å². The molecule has 0 unspecified atom stereocenters. The number of sulfone groups is 1. The van der Waals surface area contributed by atoms with Crippen molar-refractivity contribution in [3.63, 3.8) is 0 Å². The van der Waals surface area contributed by atoms with Gasteiger partial charge in [0.25, 0.3) is 0 Å². The molecule has 2 N–H and O–H groups in total. The first-order valence-electron chi connectivity index (χ1n) is 5.52. The van der Waals surface area contributed by atoms with Gasteiger partial charge in [0.05, 0.1) is 26.4 Å². The molecular formula is C13H10Cl3NO2S. The first-order valence-corrected chi connectivity index (χ1v) is 8.30. The van der Waals surface area contributed by atoms with Crippen molar-refractivity contribution in [2.45, 2.75) is 10.6 Å². The Morgan fingerprint density at radius 3 is 2.40 bits per heavy atom. The second-order valence-corrected chi connectivity index (χ2v) is 7.33. The Balaban J connectivity index is 2.44. The zero-order chi connectivity index (χ0) is 14.9. The fraction of sp³-hybridized carbons (Fsp3) is 0.0769. The highest BCUT2D eigenvalue weighted by atomic mass is 35.5. The maximum absolute atomic E-state index is 12.4. The van der Waals surface area contributed by atoms with Crippen LogP contribution in [-0.4, -0.2) is 8.42 Å². The fourth-order valence-electron chi connectivity index (χ4n) is 1.74. The van der Waals surface area contributed by atoms with E-state index in [0.717, 1.165) is 0 Å². The molecule has 2 aromatic carbocycles. The predicted octanol–water partition coefficient (Wildman–Crippen LogP) is 4.20. The van der Waals surface area contributed by atoms with Crippen LogP contribution in [0, 0.1) is 0 Å². The number of hydrogen-bond acceptors (Lipinski definition) is 3. The lowest BCUT2D eigenvalue weighted by Gasteiger charge is -2.09. The van der Waals surface area contributed by atoms with Crippen LogP contribution in [-0.2, 0) is 15.6 Å². The van der Waals surface area contributed by atoms with Gasteiger partial charge in [-0.2, -0.15) is 0 Å². The number of benzene rings is 2. The van der Waals surface area contributed by atoms with Gasteiger partial charge in [0.2, 0.25) is 0 Å². The highest BCUT2D eigenvalue weighted by Gasteiger charge is 2.20. The second kappa shape index (κ2) is 5.82. The topological polar surface area (TPSA) is 60.2 Å². The molecule has 0 atom stereocenters. The summed E-state index contributed by atoms with van der Waals surface area (Å²) in [4.78, 5) is 0.0259. The van der Waals surface area contributed by atoms with Crippen molar-refractivity contribution in [1.82, 2.24) is 0 Å². The Morgan fingerprint density at radius 1 is 1.05 bits per heavy atom. The Labute approximate surface area is 132 Å². The quantitative estimate of drug-likeness (QED) is 0.844. The molecule has 0 aliphatic rings. The normalized spacial score (nSPS) is 11.6. The van der Waals surface area contributed by atoms with Gasteiger partial charge in [0.1, 0.15) is 0 Å². The number of anilines is 1. The molecule has 0 bridgehead atoms. The first-order chi connectivity index (χ1) is 9.31. The summed E-state index contributed by atoms with van der Waals surface area (Å²) in [6, 6.07) is 9.10. The third-order valence-corrected chi connectivity index (χ3v) is 5.51. The lowest BCUT2D eigenvalue weighted by atomic mass is 10.2. The molecule has 2 rings (SSSR count). The summed E-state index contributed by atoms with van der Waals surface area (Å²) in [7, 11) is -3.63. The average Bonchev–Trinajstić information content (AvgIpc) is 2.34. The van der Waals surface area contributed by atoms with Crippen molar-refractivity contribution in [1.29, 1.82) is 0 Å². The predicted molar refractivity (Wildman–Crippen MR) is 83.2 cm³/mol. The van der Waals surface area contributed by atoms with Gasteiger partial charge in [-0.3, -0.25) is 0 Å². The third kappa shape index (κ3) is 3.20. The highest BCUT2D eigenvalue weighted by molar-refractivity contribution is 7.90. The van der Waals surface area contributed by atoms with E-state index in [1.54, 1.807) is 18.2 Å². The lowest BCUT2D eigenvalue weighted by Crippen LogP contribution is -2.08.